The highest BCUT2D eigenvalue weighted by Crippen LogP contribution is 2.61. The molecule has 26 heavy (non-hydrogen) atoms. The zero-order valence-electron chi connectivity index (χ0n) is 13.9. The molecule has 5 atom stereocenters. The van der Waals surface area contributed by atoms with Gasteiger partial charge in [-0.1, -0.05) is 53.5 Å². The molecular weight excluding hydrogens is 369 g/mol. The molecule has 2 aromatic rings. The van der Waals surface area contributed by atoms with Crippen molar-refractivity contribution in [3.8, 4) is 0 Å². The van der Waals surface area contributed by atoms with E-state index in [1.165, 1.54) is 10.5 Å². The largest absolute Gasteiger partial charge is 0.274 e. The third-order valence-electron chi connectivity index (χ3n) is 6.35. The number of fused-ring (bicyclic) bond motifs is 5. The second-order valence-electron chi connectivity index (χ2n) is 7.60. The molecule has 3 fully saturated rings. The molecule has 5 rings (SSSR count). The quantitative estimate of drug-likeness (QED) is 0.687. The molecule has 2 saturated carbocycles. The highest BCUT2D eigenvalue weighted by molar-refractivity contribution is 6.35. The fraction of sp³-hybridized carbons (Fsp3) is 0.333. The molecule has 1 heterocycles. The third kappa shape index (κ3) is 2.27. The van der Waals surface area contributed by atoms with Crippen molar-refractivity contribution in [3.63, 3.8) is 0 Å². The van der Waals surface area contributed by atoms with E-state index >= 15 is 0 Å². The summed E-state index contributed by atoms with van der Waals surface area (Å²) in [5, 5.41) is 0.852. The van der Waals surface area contributed by atoms with Crippen molar-refractivity contribution in [2.45, 2.75) is 18.8 Å². The van der Waals surface area contributed by atoms with E-state index < -0.39 is 0 Å². The van der Waals surface area contributed by atoms with Crippen LogP contribution >= 0.6 is 23.2 Å². The molecule has 0 radical (unpaired) electrons. The summed E-state index contributed by atoms with van der Waals surface area (Å²) in [5.74, 6) is 0.301. The Hall–Kier alpha value is -1.84. The van der Waals surface area contributed by atoms with Gasteiger partial charge in [0.1, 0.15) is 0 Å². The van der Waals surface area contributed by atoms with Gasteiger partial charge in [0, 0.05) is 10.0 Å². The van der Waals surface area contributed by atoms with E-state index in [1.807, 2.05) is 18.2 Å². The zero-order valence-corrected chi connectivity index (χ0v) is 15.5. The summed E-state index contributed by atoms with van der Waals surface area (Å²) < 4.78 is 0. The predicted octanol–water partition coefficient (Wildman–Crippen LogP) is 4.92. The Kier molecular flexibility index (Phi) is 3.67. The van der Waals surface area contributed by atoms with E-state index in [0.29, 0.717) is 21.7 Å². The Morgan fingerprint density at radius 1 is 0.846 bits per heavy atom. The zero-order chi connectivity index (χ0) is 18.0. The molecule has 5 heteroatoms. The number of benzene rings is 2. The molecule has 2 bridgehead atoms. The summed E-state index contributed by atoms with van der Waals surface area (Å²) in [6.45, 7) is 0. The van der Waals surface area contributed by atoms with E-state index in [0.717, 1.165) is 12.8 Å². The van der Waals surface area contributed by atoms with Crippen LogP contribution < -0.4 is 4.90 Å². The van der Waals surface area contributed by atoms with Gasteiger partial charge in [0.15, 0.2) is 0 Å². The van der Waals surface area contributed by atoms with Crippen LogP contribution in [0.15, 0.2) is 48.5 Å². The molecule has 2 aliphatic carbocycles. The molecule has 132 valence electrons. The van der Waals surface area contributed by atoms with Crippen molar-refractivity contribution in [1.82, 2.24) is 0 Å². The standard InChI is InChI=1S/C21H17Cl2NO2/c22-13-8-14(23)10-15(9-13)24-20(25)18-12-6-16(11-4-2-1-3-5-11)17(7-12)19(18)21(24)26/h1-5,8-10,12,16-19H,6-7H2/t12-,16-,17-,18-,19+/m1/s1. The number of amides is 2. The summed E-state index contributed by atoms with van der Waals surface area (Å²) in [7, 11) is 0. The monoisotopic (exact) mass is 385 g/mol. The first kappa shape index (κ1) is 16.3. The molecule has 2 aromatic carbocycles. The van der Waals surface area contributed by atoms with Crippen LogP contribution in [-0.2, 0) is 9.59 Å². The molecule has 0 aromatic heterocycles. The summed E-state index contributed by atoms with van der Waals surface area (Å²) in [6, 6.07) is 15.2. The van der Waals surface area contributed by atoms with E-state index in [2.05, 4.69) is 12.1 Å². The van der Waals surface area contributed by atoms with Crippen LogP contribution in [-0.4, -0.2) is 11.8 Å². The third-order valence-corrected chi connectivity index (χ3v) is 6.79. The second-order valence-corrected chi connectivity index (χ2v) is 8.48. The maximum atomic E-state index is 13.2. The van der Waals surface area contributed by atoms with Gasteiger partial charge >= 0.3 is 0 Å². The fourth-order valence-corrected chi connectivity index (χ4v) is 5.98. The van der Waals surface area contributed by atoms with Gasteiger partial charge in [-0.25, -0.2) is 4.90 Å². The van der Waals surface area contributed by atoms with Crippen molar-refractivity contribution in [2.24, 2.45) is 23.7 Å². The smallest absolute Gasteiger partial charge is 0.237 e. The molecule has 0 unspecified atom stereocenters. The minimum Gasteiger partial charge on any atom is -0.274 e. The molecule has 3 aliphatic rings. The number of carbonyl (C=O) groups excluding carboxylic acids is 2. The Bertz CT molecular complexity index is 893. The van der Waals surface area contributed by atoms with E-state index in [1.54, 1.807) is 18.2 Å². The first-order valence-corrected chi connectivity index (χ1v) is 9.69. The summed E-state index contributed by atoms with van der Waals surface area (Å²) in [5.41, 5.74) is 1.77. The molecule has 1 aliphatic heterocycles. The van der Waals surface area contributed by atoms with Gasteiger partial charge in [-0.15, -0.1) is 0 Å². The Morgan fingerprint density at radius 3 is 2.19 bits per heavy atom. The van der Waals surface area contributed by atoms with Gasteiger partial charge in [0.05, 0.1) is 17.5 Å². The van der Waals surface area contributed by atoms with Crippen LogP contribution in [0, 0.1) is 23.7 Å². The molecule has 1 saturated heterocycles. The van der Waals surface area contributed by atoms with Crippen molar-refractivity contribution in [2.75, 3.05) is 4.90 Å². The average Bonchev–Trinajstić information content (AvgIpc) is 3.26. The van der Waals surface area contributed by atoms with Crippen molar-refractivity contribution in [1.29, 1.82) is 0 Å². The number of hydrogen-bond acceptors (Lipinski definition) is 2. The number of carbonyl (C=O) groups is 2. The lowest BCUT2D eigenvalue weighted by molar-refractivity contribution is -0.123. The van der Waals surface area contributed by atoms with Crippen LogP contribution in [0.2, 0.25) is 10.0 Å². The first-order chi connectivity index (χ1) is 12.5. The van der Waals surface area contributed by atoms with Crippen molar-refractivity contribution < 1.29 is 9.59 Å². The highest BCUT2D eigenvalue weighted by Gasteiger charge is 2.64. The first-order valence-electron chi connectivity index (χ1n) is 8.93. The SMILES string of the molecule is O=C1[C@@H]2[C@H]3C[C@@H]([C@@H]2C(=O)N1c1cc(Cl)cc(Cl)c1)[C@@H](c1ccccc1)C3. The molecule has 3 nitrogen and oxygen atoms in total. The van der Waals surface area contributed by atoms with E-state index in [9.17, 15) is 9.59 Å². The number of rotatable bonds is 2. The minimum atomic E-state index is -0.218. The minimum absolute atomic E-state index is 0.0858. The normalized spacial score (nSPS) is 32.4. The number of hydrogen-bond donors (Lipinski definition) is 0. The Balaban J connectivity index is 1.51. The number of halogens is 2. The van der Waals surface area contributed by atoms with Gasteiger partial charge in [-0.05, 0) is 54.4 Å². The lowest BCUT2D eigenvalue weighted by Gasteiger charge is -2.28. The van der Waals surface area contributed by atoms with Crippen LogP contribution in [0.4, 0.5) is 5.69 Å². The topological polar surface area (TPSA) is 37.4 Å². The number of anilines is 1. The van der Waals surface area contributed by atoms with E-state index in [-0.39, 0.29) is 35.5 Å². The Labute approximate surface area is 161 Å². The number of nitrogens with zero attached hydrogens (tertiary/aromatic N) is 1. The van der Waals surface area contributed by atoms with Gasteiger partial charge in [-0.3, -0.25) is 9.59 Å². The summed E-state index contributed by atoms with van der Waals surface area (Å²) in [6.07, 6.45) is 1.95. The number of imide groups is 1. The molecule has 0 N–H and O–H groups in total. The maximum Gasteiger partial charge on any atom is 0.237 e. The van der Waals surface area contributed by atoms with Gasteiger partial charge in [-0.2, -0.15) is 0 Å². The highest BCUT2D eigenvalue weighted by atomic mass is 35.5. The second kappa shape index (κ2) is 5.83. The van der Waals surface area contributed by atoms with Crippen LogP contribution in [0.1, 0.15) is 24.3 Å². The average molecular weight is 386 g/mol. The Morgan fingerprint density at radius 2 is 1.50 bits per heavy atom. The maximum absolute atomic E-state index is 13.2. The van der Waals surface area contributed by atoms with Crippen LogP contribution in [0.5, 0.6) is 0 Å². The van der Waals surface area contributed by atoms with Gasteiger partial charge in [0.25, 0.3) is 0 Å². The predicted molar refractivity (Wildman–Crippen MR) is 101 cm³/mol. The summed E-state index contributed by atoms with van der Waals surface area (Å²) >= 11 is 12.2. The lowest BCUT2D eigenvalue weighted by Crippen LogP contribution is -2.33. The van der Waals surface area contributed by atoms with E-state index in [4.69, 9.17) is 23.2 Å². The molecule has 2 amide bonds. The van der Waals surface area contributed by atoms with Gasteiger partial charge in [0.2, 0.25) is 11.8 Å². The molecule has 0 spiro atoms. The van der Waals surface area contributed by atoms with Gasteiger partial charge < -0.3 is 0 Å². The van der Waals surface area contributed by atoms with Crippen molar-refractivity contribution >= 4 is 40.7 Å². The van der Waals surface area contributed by atoms with Crippen molar-refractivity contribution in [3.05, 3.63) is 64.1 Å². The lowest BCUT2D eigenvalue weighted by atomic mass is 9.73. The fourth-order valence-electron chi connectivity index (χ4n) is 5.47. The van der Waals surface area contributed by atoms with Crippen LogP contribution in [0.3, 0.4) is 0 Å². The summed E-state index contributed by atoms with van der Waals surface area (Å²) in [4.78, 5) is 27.6. The molecular formula is C21H17Cl2NO2. The van der Waals surface area contributed by atoms with Crippen LogP contribution in [0.25, 0.3) is 0 Å².